The van der Waals surface area contributed by atoms with Crippen LogP contribution in [-0.2, 0) is 6.42 Å². The molecule has 0 aliphatic carbocycles. The molecule has 1 saturated heterocycles. The fraction of sp³-hybridized carbons (Fsp3) is 0.800. The number of thiazole rings is 1. The number of piperidine rings is 1. The number of hydrogen-bond acceptors (Lipinski definition) is 4. The van der Waals surface area contributed by atoms with Crippen molar-refractivity contribution in [1.82, 2.24) is 15.2 Å². The normalized spacial score (nSPS) is 21.7. The second-order valence-electron chi connectivity index (χ2n) is 8.29. The fourth-order valence-electron chi connectivity index (χ4n) is 3.82. The summed E-state index contributed by atoms with van der Waals surface area (Å²) in [6, 6.07) is 0. The average Bonchev–Trinajstić information content (AvgIpc) is 2.85. The number of aryl methyl sites for hydroxylation is 1. The Morgan fingerprint density at radius 2 is 1.96 bits per heavy atom. The molecule has 2 unspecified atom stereocenters. The maximum Gasteiger partial charge on any atom is 0.263 e. The van der Waals surface area contributed by atoms with E-state index in [0.29, 0.717) is 5.92 Å². The van der Waals surface area contributed by atoms with Gasteiger partial charge in [-0.1, -0.05) is 27.7 Å². The van der Waals surface area contributed by atoms with Crippen LogP contribution < -0.4 is 5.32 Å². The van der Waals surface area contributed by atoms with E-state index in [1.165, 1.54) is 19.5 Å². The highest BCUT2D eigenvalue weighted by atomic mass is 32.1. The number of aromatic nitrogens is 1. The van der Waals surface area contributed by atoms with Crippen molar-refractivity contribution in [1.29, 1.82) is 0 Å². The zero-order valence-electron chi connectivity index (χ0n) is 16.6. The standard InChI is InChI=1S/C20H35N3OS/c1-14(2)10-18-22-17(5)19(25-18)20(24)21-8-6-7-9-23-12-15(3)11-16(4)13-23/h14-16H,6-13H2,1-5H3,(H,21,24). The highest BCUT2D eigenvalue weighted by Gasteiger charge is 2.21. The summed E-state index contributed by atoms with van der Waals surface area (Å²) < 4.78 is 0. The van der Waals surface area contributed by atoms with E-state index in [9.17, 15) is 4.79 Å². The monoisotopic (exact) mass is 365 g/mol. The minimum Gasteiger partial charge on any atom is -0.351 e. The summed E-state index contributed by atoms with van der Waals surface area (Å²) in [7, 11) is 0. The molecule has 2 rings (SSSR count). The zero-order chi connectivity index (χ0) is 18.4. The molecule has 0 bridgehead atoms. The van der Waals surface area contributed by atoms with Gasteiger partial charge in [0, 0.05) is 26.1 Å². The fourth-order valence-corrected chi connectivity index (χ4v) is 5.01. The van der Waals surface area contributed by atoms with Crippen LogP contribution in [0.15, 0.2) is 0 Å². The molecule has 1 aliphatic heterocycles. The number of nitrogens with one attached hydrogen (secondary N) is 1. The molecule has 0 radical (unpaired) electrons. The first kappa shape index (κ1) is 20.4. The number of carbonyl (C=O) groups is 1. The number of rotatable bonds is 8. The Bertz CT molecular complexity index is 545. The summed E-state index contributed by atoms with van der Waals surface area (Å²) >= 11 is 1.55. The van der Waals surface area contributed by atoms with E-state index in [4.69, 9.17) is 0 Å². The molecule has 1 N–H and O–H groups in total. The number of unbranched alkanes of at least 4 members (excludes halogenated alkanes) is 1. The van der Waals surface area contributed by atoms with E-state index in [-0.39, 0.29) is 5.91 Å². The third kappa shape index (κ3) is 6.70. The van der Waals surface area contributed by atoms with Crippen LogP contribution in [0.1, 0.15) is 67.3 Å². The average molecular weight is 366 g/mol. The number of amides is 1. The van der Waals surface area contributed by atoms with Crippen molar-refractivity contribution in [2.75, 3.05) is 26.2 Å². The van der Waals surface area contributed by atoms with Gasteiger partial charge in [0.25, 0.3) is 5.91 Å². The van der Waals surface area contributed by atoms with Crippen LogP contribution >= 0.6 is 11.3 Å². The van der Waals surface area contributed by atoms with E-state index in [1.807, 2.05) is 6.92 Å². The van der Waals surface area contributed by atoms with E-state index in [1.54, 1.807) is 11.3 Å². The van der Waals surface area contributed by atoms with Gasteiger partial charge < -0.3 is 10.2 Å². The van der Waals surface area contributed by atoms with Crippen molar-refractivity contribution in [2.45, 2.75) is 60.3 Å². The second-order valence-corrected chi connectivity index (χ2v) is 9.37. The number of nitrogens with zero attached hydrogens (tertiary/aromatic N) is 2. The topological polar surface area (TPSA) is 45.2 Å². The van der Waals surface area contributed by atoms with Gasteiger partial charge in [0.2, 0.25) is 0 Å². The molecule has 1 aliphatic rings. The Morgan fingerprint density at radius 3 is 2.60 bits per heavy atom. The Morgan fingerprint density at radius 1 is 1.28 bits per heavy atom. The molecule has 0 saturated carbocycles. The van der Waals surface area contributed by atoms with Crippen LogP contribution in [0.5, 0.6) is 0 Å². The molecule has 1 amide bonds. The molecule has 1 aromatic rings. The molecule has 0 aromatic carbocycles. The molecule has 0 spiro atoms. The summed E-state index contributed by atoms with van der Waals surface area (Å²) in [6.07, 6.45) is 4.51. The zero-order valence-corrected chi connectivity index (χ0v) is 17.4. The van der Waals surface area contributed by atoms with Crippen LogP contribution in [0.3, 0.4) is 0 Å². The van der Waals surface area contributed by atoms with Gasteiger partial charge in [-0.25, -0.2) is 4.98 Å². The minimum atomic E-state index is 0.0465. The van der Waals surface area contributed by atoms with E-state index >= 15 is 0 Å². The lowest BCUT2D eigenvalue weighted by atomic mass is 9.92. The largest absolute Gasteiger partial charge is 0.351 e. The van der Waals surface area contributed by atoms with Gasteiger partial charge in [-0.15, -0.1) is 11.3 Å². The van der Waals surface area contributed by atoms with Crippen molar-refractivity contribution in [3.63, 3.8) is 0 Å². The summed E-state index contributed by atoms with van der Waals surface area (Å²) in [5.74, 6) is 2.25. The van der Waals surface area contributed by atoms with E-state index in [2.05, 4.69) is 42.9 Å². The van der Waals surface area contributed by atoms with Crippen molar-refractivity contribution in [2.24, 2.45) is 17.8 Å². The summed E-state index contributed by atoms with van der Waals surface area (Å²) in [6.45, 7) is 15.4. The Hall–Kier alpha value is -0.940. The van der Waals surface area contributed by atoms with Crippen LogP contribution in [0, 0.1) is 24.7 Å². The Balaban J connectivity index is 1.68. The molecule has 1 fully saturated rings. The van der Waals surface area contributed by atoms with Gasteiger partial charge in [0.15, 0.2) is 0 Å². The van der Waals surface area contributed by atoms with E-state index < -0.39 is 0 Å². The lowest BCUT2D eigenvalue weighted by Gasteiger charge is -2.34. The smallest absolute Gasteiger partial charge is 0.263 e. The Labute approximate surface area is 157 Å². The molecular formula is C20H35N3OS. The SMILES string of the molecule is Cc1nc(CC(C)C)sc1C(=O)NCCCCN1CC(C)CC(C)C1. The van der Waals surface area contributed by atoms with Crippen molar-refractivity contribution >= 4 is 17.2 Å². The maximum atomic E-state index is 12.4. The molecule has 5 heteroatoms. The first-order chi connectivity index (χ1) is 11.8. The predicted octanol–water partition coefficient (Wildman–Crippen LogP) is 4.14. The number of likely N-dealkylation sites (tertiary alicyclic amines) is 1. The highest BCUT2D eigenvalue weighted by Crippen LogP contribution is 2.22. The summed E-state index contributed by atoms with van der Waals surface area (Å²) in [4.78, 5) is 20.3. The van der Waals surface area contributed by atoms with Gasteiger partial charge in [0.05, 0.1) is 10.7 Å². The number of carbonyl (C=O) groups excluding carboxylic acids is 1. The molecule has 2 heterocycles. The molecule has 142 valence electrons. The van der Waals surface area contributed by atoms with Crippen molar-refractivity contribution in [3.8, 4) is 0 Å². The first-order valence-corrected chi connectivity index (χ1v) is 10.6. The van der Waals surface area contributed by atoms with Crippen LogP contribution in [-0.4, -0.2) is 42.0 Å². The van der Waals surface area contributed by atoms with Crippen LogP contribution in [0.2, 0.25) is 0 Å². The predicted molar refractivity (Wildman–Crippen MR) is 106 cm³/mol. The second kappa shape index (κ2) is 9.67. The molecule has 1 aromatic heterocycles. The van der Waals surface area contributed by atoms with Gasteiger partial charge in [0.1, 0.15) is 4.88 Å². The lowest BCUT2D eigenvalue weighted by molar-refractivity contribution is 0.0955. The molecule has 4 nitrogen and oxygen atoms in total. The number of hydrogen-bond donors (Lipinski definition) is 1. The van der Waals surface area contributed by atoms with E-state index in [0.717, 1.165) is 59.8 Å². The summed E-state index contributed by atoms with van der Waals surface area (Å²) in [5.41, 5.74) is 0.870. The van der Waals surface area contributed by atoms with Gasteiger partial charge in [-0.3, -0.25) is 4.79 Å². The highest BCUT2D eigenvalue weighted by molar-refractivity contribution is 7.13. The Kier molecular flexibility index (Phi) is 7.88. The first-order valence-electron chi connectivity index (χ1n) is 9.82. The lowest BCUT2D eigenvalue weighted by Crippen LogP contribution is -2.39. The maximum absolute atomic E-state index is 12.4. The molecular weight excluding hydrogens is 330 g/mol. The van der Waals surface area contributed by atoms with Gasteiger partial charge in [-0.2, -0.15) is 0 Å². The van der Waals surface area contributed by atoms with Crippen molar-refractivity contribution in [3.05, 3.63) is 15.6 Å². The quantitative estimate of drug-likeness (QED) is 0.704. The van der Waals surface area contributed by atoms with Gasteiger partial charge in [-0.05, 0) is 50.5 Å². The van der Waals surface area contributed by atoms with Crippen molar-refractivity contribution < 1.29 is 4.79 Å². The van der Waals surface area contributed by atoms with Crippen LogP contribution in [0.25, 0.3) is 0 Å². The summed E-state index contributed by atoms with van der Waals surface area (Å²) in [5, 5.41) is 4.15. The van der Waals surface area contributed by atoms with Gasteiger partial charge >= 0.3 is 0 Å². The molecule has 25 heavy (non-hydrogen) atoms. The molecule has 2 atom stereocenters. The third-order valence-corrected chi connectivity index (χ3v) is 5.94. The van der Waals surface area contributed by atoms with Crippen LogP contribution in [0.4, 0.5) is 0 Å². The third-order valence-electron chi connectivity index (χ3n) is 4.76. The minimum absolute atomic E-state index is 0.0465.